The third-order valence-corrected chi connectivity index (χ3v) is 2.89. The Balaban J connectivity index is 2.10. The molecule has 1 N–H and O–H groups in total. The van der Waals surface area contributed by atoms with Gasteiger partial charge < -0.3 is 10.1 Å². The van der Waals surface area contributed by atoms with Crippen LogP contribution in [0.25, 0.3) is 6.08 Å². The number of halogens is 1. The van der Waals surface area contributed by atoms with Crippen molar-refractivity contribution in [2.75, 3.05) is 12.4 Å². The standard InChI is InChI=1S/C17H16FNO2/c1-12-6-8-16(21-2)15(10-12)19-17(20)9-7-13-4-3-5-14(18)11-13/h3-11H,1-2H3,(H,19,20)/b9-7+. The van der Waals surface area contributed by atoms with E-state index < -0.39 is 0 Å². The highest BCUT2D eigenvalue weighted by Gasteiger charge is 2.05. The molecule has 3 nitrogen and oxygen atoms in total. The number of anilines is 1. The van der Waals surface area contributed by atoms with Gasteiger partial charge in [0.1, 0.15) is 11.6 Å². The highest BCUT2D eigenvalue weighted by Crippen LogP contribution is 2.25. The van der Waals surface area contributed by atoms with Crippen LogP contribution >= 0.6 is 0 Å². The van der Waals surface area contributed by atoms with Gasteiger partial charge in [-0.3, -0.25) is 4.79 Å². The monoisotopic (exact) mass is 285 g/mol. The van der Waals surface area contributed by atoms with E-state index in [0.29, 0.717) is 17.0 Å². The average Bonchev–Trinajstić information content (AvgIpc) is 2.45. The number of rotatable bonds is 4. The highest BCUT2D eigenvalue weighted by molar-refractivity contribution is 6.02. The van der Waals surface area contributed by atoms with Crippen LogP contribution in [-0.4, -0.2) is 13.0 Å². The summed E-state index contributed by atoms with van der Waals surface area (Å²) in [5.74, 6) is -0.0471. The lowest BCUT2D eigenvalue weighted by molar-refractivity contribution is -0.111. The Morgan fingerprint density at radius 2 is 2.05 bits per heavy atom. The zero-order valence-electron chi connectivity index (χ0n) is 11.9. The zero-order chi connectivity index (χ0) is 15.2. The highest BCUT2D eigenvalue weighted by atomic mass is 19.1. The third kappa shape index (κ3) is 4.18. The molecule has 21 heavy (non-hydrogen) atoms. The molecule has 0 aliphatic heterocycles. The molecular formula is C17H16FNO2. The van der Waals surface area contributed by atoms with E-state index in [2.05, 4.69) is 5.32 Å². The molecule has 0 atom stereocenters. The lowest BCUT2D eigenvalue weighted by Crippen LogP contribution is -2.09. The van der Waals surface area contributed by atoms with Crippen LogP contribution in [0.2, 0.25) is 0 Å². The topological polar surface area (TPSA) is 38.3 Å². The van der Waals surface area contributed by atoms with Crippen molar-refractivity contribution in [1.82, 2.24) is 0 Å². The Morgan fingerprint density at radius 1 is 1.24 bits per heavy atom. The maximum absolute atomic E-state index is 13.0. The molecule has 2 aromatic rings. The van der Waals surface area contributed by atoms with Gasteiger partial charge in [-0.2, -0.15) is 0 Å². The minimum Gasteiger partial charge on any atom is -0.495 e. The maximum Gasteiger partial charge on any atom is 0.248 e. The van der Waals surface area contributed by atoms with Gasteiger partial charge in [0, 0.05) is 6.08 Å². The van der Waals surface area contributed by atoms with Crippen LogP contribution in [0.1, 0.15) is 11.1 Å². The van der Waals surface area contributed by atoms with Gasteiger partial charge in [-0.25, -0.2) is 4.39 Å². The summed E-state index contributed by atoms with van der Waals surface area (Å²) in [5, 5.41) is 2.74. The van der Waals surface area contributed by atoms with Crippen LogP contribution in [0.15, 0.2) is 48.5 Å². The first kappa shape index (κ1) is 14.8. The van der Waals surface area contributed by atoms with Gasteiger partial charge in [0.2, 0.25) is 5.91 Å². The van der Waals surface area contributed by atoms with Crippen molar-refractivity contribution in [1.29, 1.82) is 0 Å². The molecule has 0 heterocycles. The van der Waals surface area contributed by atoms with Crippen LogP contribution in [0.3, 0.4) is 0 Å². The average molecular weight is 285 g/mol. The second-order valence-electron chi connectivity index (χ2n) is 4.58. The third-order valence-electron chi connectivity index (χ3n) is 2.89. The summed E-state index contributed by atoms with van der Waals surface area (Å²) in [7, 11) is 1.54. The van der Waals surface area contributed by atoms with Crippen molar-refractivity contribution in [2.24, 2.45) is 0 Å². The molecule has 0 fully saturated rings. The summed E-state index contributed by atoms with van der Waals surface area (Å²) in [6, 6.07) is 11.5. The lowest BCUT2D eigenvalue weighted by atomic mass is 10.2. The molecule has 0 saturated heterocycles. The van der Waals surface area contributed by atoms with Gasteiger partial charge in [-0.1, -0.05) is 18.2 Å². The van der Waals surface area contributed by atoms with E-state index in [1.165, 1.54) is 18.2 Å². The van der Waals surface area contributed by atoms with Crippen LogP contribution in [0, 0.1) is 12.7 Å². The molecule has 0 saturated carbocycles. The van der Waals surface area contributed by atoms with Crippen LogP contribution in [0.5, 0.6) is 5.75 Å². The molecule has 2 rings (SSSR count). The maximum atomic E-state index is 13.0. The van der Waals surface area contributed by atoms with Crippen LogP contribution in [-0.2, 0) is 4.79 Å². The number of aryl methyl sites for hydroxylation is 1. The fraction of sp³-hybridized carbons (Fsp3) is 0.118. The Hall–Kier alpha value is -2.62. The second kappa shape index (κ2) is 6.70. The van der Waals surface area contributed by atoms with E-state index in [0.717, 1.165) is 5.56 Å². The van der Waals surface area contributed by atoms with Crippen LogP contribution < -0.4 is 10.1 Å². The molecule has 108 valence electrons. The summed E-state index contributed by atoms with van der Waals surface area (Å²) in [6.45, 7) is 1.93. The van der Waals surface area contributed by atoms with Crippen molar-refractivity contribution in [3.05, 3.63) is 65.5 Å². The summed E-state index contributed by atoms with van der Waals surface area (Å²) < 4.78 is 18.2. The number of methoxy groups -OCH3 is 1. The molecule has 0 aromatic heterocycles. The summed E-state index contributed by atoms with van der Waals surface area (Å²) in [5.41, 5.74) is 2.24. The van der Waals surface area contributed by atoms with Gasteiger partial charge in [-0.15, -0.1) is 0 Å². The first-order chi connectivity index (χ1) is 10.1. The van der Waals surface area contributed by atoms with E-state index in [1.54, 1.807) is 31.4 Å². The number of hydrogen-bond donors (Lipinski definition) is 1. The van der Waals surface area contributed by atoms with E-state index in [9.17, 15) is 9.18 Å². The van der Waals surface area contributed by atoms with Crippen molar-refractivity contribution < 1.29 is 13.9 Å². The van der Waals surface area contributed by atoms with E-state index >= 15 is 0 Å². The Morgan fingerprint density at radius 3 is 2.76 bits per heavy atom. The van der Waals surface area contributed by atoms with Gasteiger partial charge >= 0.3 is 0 Å². The zero-order valence-corrected chi connectivity index (χ0v) is 11.9. The molecule has 2 aromatic carbocycles. The number of ether oxygens (including phenoxy) is 1. The Kier molecular flexibility index (Phi) is 4.72. The van der Waals surface area contributed by atoms with Gasteiger partial charge in [0.05, 0.1) is 12.8 Å². The molecule has 0 radical (unpaired) electrons. The molecule has 0 aliphatic carbocycles. The van der Waals surface area contributed by atoms with E-state index in [-0.39, 0.29) is 11.7 Å². The van der Waals surface area contributed by atoms with E-state index in [1.807, 2.05) is 19.1 Å². The Bertz CT molecular complexity index is 680. The predicted molar refractivity (Wildman–Crippen MR) is 81.8 cm³/mol. The lowest BCUT2D eigenvalue weighted by Gasteiger charge is -2.09. The smallest absolute Gasteiger partial charge is 0.248 e. The van der Waals surface area contributed by atoms with Crippen LogP contribution in [0.4, 0.5) is 10.1 Å². The van der Waals surface area contributed by atoms with E-state index in [4.69, 9.17) is 4.74 Å². The van der Waals surface area contributed by atoms with Crippen molar-refractivity contribution in [2.45, 2.75) is 6.92 Å². The fourth-order valence-corrected chi connectivity index (χ4v) is 1.88. The number of amides is 1. The summed E-state index contributed by atoms with van der Waals surface area (Å²) in [6.07, 6.45) is 2.91. The number of benzene rings is 2. The quantitative estimate of drug-likeness (QED) is 0.868. The van der Waals surface area contributed by atoms with Gasteiger partial charge in [0.15, 0.2) is 0 Å². The van der Waals surface area contributed by atoms with Crippen molar-refractivity contribution in [3.63, 3.8) is 0 Å². The molecular weight excluding hydrogens is 269 g/mol. The molecule has 1 amide bonds. The molecule has 4 heteroatoms. The number of carbonyl (C=O) groups excluding carboxylic acids is 1. The molecule has 0 spiro atoms. The minimum absolute atomic E-state index is 0.303. The number of nitrogens with one attached hydrogen (secondary N) is 1. The van der Waals surface area contributed by atoms with Crippen molar-refractivity contribution >= 4 is 17.7 Å². The predicted octanol–water partition coefficient (Wildman–Crippen LogP) is 3.79. The fourth-order valence-electron chi connectivity index (χ4n) is 1.88. The number of hydrogen-bond acceptors (Lipinski definition) is 2. The first-order valence-electron chi connectivity index (χ1n) is 6.48. The van der Waals surface area contributed by atoms with Gasteiger partial charge in [-0.05, 0) is 48.4 Å². The summed E-state index contributed by atoms with van der Waals surface area (Å²) in [4.78, 5) is 11.9. The molecule has 0 bridgehead atoms. The second-order valence-corrected chi connectivity index (χ2v) is 4.58. The number of carbonyl (C=O) groups is 1. The molecule has 0 aliphatic rings. The first-order valence-corrected chi connectivity index (χ1v) is 6.48. The largest absolute Gasteiger partial charge is 0.495 e. The SMILES string of the molecule is COc1ccc(C)cc1NC(=O)/C=C/c1cccc(F)c1. The Labute approximate surface area is 123 Å². The van der Waals surface area contributed by atoms with Gasteiger partial charge in [0.25, 0.3) is 0 Å². The normalized spacial score (nSPS) is 10.6. The summed E-state index contributed by atoms with van der Waals surface area (Å²) >= 11 is 0. The van der Waals surface area contributed by atoms with Crippen molar-refractivity contribution in [3.8, 4) is 5.75 Å². The molecule has 0 unspecified atom stereocenters. The minimum atomic E-state index is -0.335.